The van der Waals surface area contributed by atoms with Gasteiger partial charge in [0.25, 0.3) is 0 Å². The maximum atomic E-state index is 5.25. The molecule has 0 N–H and O–H groups in total. The average molecular weight is 267 g/mol. The summed E-state index contributed by atoms with van der Waals surface area (Å²) < 4.78 is 11.7. The van der Waals surface area contributed by atoms with E-state index in [-0.39, 0.29) is 0 Å². The predicted octanol–water partition coefficient (Wildman–Crippen LogP) is 1.38. The molecule has 2 aromatic rings. The molecule has 0 unspecified atom stereocenters. The van der Waals surface area contributed by atoms with E-state index >= 15 is 0 Å². The first-order valence-corrected chi connectivity index (χ1v) is 5.53. The van der Waals surface area contributed by atoms with E-state index in [0.717, 1.165) is 22.3 Å². The standard InChI is InChI=1S/C12H12O2Se/c1-13-11-6-8-3-4-10(15)5-9(8)7-12(11)14-2/h3-7,15H,1-2H3. The van der Waals surface area contributed by atoms with Crippen LogP contribution in [0.1, 0.15) is 0 Å². The second kappa shape index (κ2) is 4.13. The summed E-state index contributed by atoms with van der Waals surface area (Å²) in [6.45, 7) is 0. The van der Waals surface area contributed by atoms with E-state index in [2.05, 4.69) is 34.2 Å². The first kappa shape index (κ1) is 10.3. The number of fused-ring (bicyclic) bond motifs is 1. The summed E-state index contributed by atoms with van der Waals surface area (Å²) in [5.74, 6) is 1.53. The van der Waals surface area contributed by atoms with Crippen LogP contribution in [0.3, 0.4) is 0 Å². The molecule has 0 aliphatic heterocycles. The second-order valence-corrected chi connectivity index (χ2v) is 4.32. The van der Waals surface area contributed by atoms with Crippen LogP contribution in [-0.2, 0) is 0 Å². The molecule has 0 bridgehead atoms. The van der Waals surface area contributed by atoms with Crippen molar-refractivity contribution in [3.8, 4) is 11.5 Å². The van der Waals surface area contributed by atoms with E-state index in [9.17, 15) is 0 Å². The summed E-state index contributed by atoms with van der Waals surface area (Å²) >= 11 is 2.53. The van der Waals surface area contributed by atoms with E-state index in [0.29, 0.717) is 0 Å². The van der Waals surface area contributed by atoms with Crippen LogP contribution < -0.4 is 13.9 Å². The molecule has 0 saturated carbocycles. The quantitative estimate of drug-likeness (QED) is 0.765. The van der Waals surface area contributed by atoms with Gasteiger partial charge in [-0.15, -0.1) is 0 Å². The van der Waals surface area contributed by atoms with Gasteiger partial charge in [0.05, 0.1) is 0 Å². The Kier molecular flexibility index (Phi) is 2.85. The molecule has 0 aliphatic rings. The van der Waals surface area contributed by atoms with Gasteiger partial charge in [0.2, 0.25) is 0 Å². The van der Waals surface area contributed by atoms with Crippen molar-refractivity contribution in [2.24, 2.45) is 0 Å². The molecule has 0 amide bonds. The molecule has 3 heteroatoms. The number of hydrogen-bond acceptors (Lipinski definition) is 2. The Hall–Kier alpha value is -1.18. The normalized spacial score (nSPS) is 10.3. The minimum atomic E-state index is 0.767. The number of methoxy groups -OCH3 is 2. The SMILES string of the molecule is COc1cc2ccc([SeH])cc2cc1OC. The molecule has 0 heterocycles. The third-order valence-electron chi connectivity index (χ3n) is 2.33. The van der Waals surface area contributed by atoms with Gasteiger partial charge in [-0.25, -0.2) is 0 Å². The summed E-state index contributed by atoms with van der Waals surface area (Å²) in [6, 6.07) is 10.2. The van der Waals surface area contributed by atoms with Crippen LogP contribution in [0.5, 0.6) is 11.5 Å². The molecule has 78 valence electrons. The molecule has 0 atom stereocenters. The van der Waals surface area contributed by atoms with Crippen molar-refractivity contribution < 1.29 is 9.47 Å². The molecule has 0 spiro atoms. The Labute approximate surface area is 97.0 Å². The Bertz CT molecular complexity index is 494. The van der Waals surface area contributed by atoms with Crippen molar-refractivity contribution in [1.82, 2.24) is 0 Å². The zero-order valence-corrected chi connectivity index (χ0v) is 10.5. The first-order chi connectivity index (χ1) is 7.24. The molecule has 2 aromatic carbocycles. The Morgan fingerprint density at radius 3 is 2.07 bits per heavy atom. The van der Waals surface area contributed by atoms with Crippen LogP contribution in [0.4, 0.5) is 0 Å². The molecule has 2 rings (SSSR count). The van der Waals surface area contributed by atoms with Crippen molar-refractivity contribution in [1.29, 1.82) is 0 Å². The summed E-state index contributed by atoms with van der Waals surface area (Å²) in [5, 5.41) is 2.31. The summed E-state index contributed by atoms with van der Waals surface area (Å²) in [7, 11) is 3.30. The summed E-state index contributed by atoms with van der Waals surface area (Å²) in [4.78, 5) is 0. The van der Waals surface area contributed by atoms with E-state index < -0.39 is 0 Å². The van der Waals surface area contributed by atoms with Crippen LogP contribution in [0, 0.1) is 0 Å². The van der Waals surface area contributed by atoms with Crippen LogP contribution in [0.2, 0.25) is 0 Å². The number of rotatable bonds is 2. The van der Waals surface area contributed by atoms with Gasteiger partial charge in [0, 0.05) is 0 Å². The summed E-state index contributed by atoms with van der Waals surface area (Å²) in [5.41, 5.74) is 0. The molecule has 0 radical (unpaired) electrons. The van der Waals surface area contributed by atoms with Crippen molar-refractivity contribution in [3.05, 3.63) is 30.3 Å². The topological polar surface area (TPSA) is 18.5 Å². The van der Waals surface area contributed by atoms with E-state index in [1.54, 1.807) is 14.2 Å². The average Bonchev–Trinajstić information content (AvgIpc) is 2.27. The van der Waals surface area contributed by atoms with Crippen LogP contribution in [0.25, 0.3) is 10.8 Å². The van der Waals surface area contributed by atoms with Crippen LogP contribution in [0.15, 0.2) is 30.3 Å². The molecule has 0 aliphatic carbocycles. The fourth-order valence-corrected chi connectivity index (χ4v) is 2.01. The van der Waals surface area contributed by atoms with Crippen molar-refractivity contribution in [2.75, 3.05) is 14.2 Å². The molecule has 2 nitrogen and oxygen atoms in total. The van der Waals surface area contributed by atoms with Gasteiger partial charge in [-0.1, -0.05) is 0 Å². The number of hydrogen-bond donors (Lipinski definition) is 0. The minimum absolute atomic E-state index is 0.767. The zero-order valence-electron chi connectivity index (χ0n) is 8.65. The van der Waals surface area contributed by atoms with Crippen molar-refractivity contribution in [3.63, 3.8) is 0 Å². The molecule has 15 heavy (non-hydrogen) atoms. The second-order valence-electron chi connectivity index (χ2n) is 3.24. The molecule has 0 fully saturated rings. The van der Waals surface area contributed by atoms with E-state index in [4.69, 9.17) is 9.47 Å². The van der Waals surface area contributed by atoms with Gasteiger partial charge in [-0.3, -0.25) is 0 Å². The third kappa shape index (κ3) is 1.94. The Morgan fingerprint density at radius 2 is 1.47 bits per heavy atom. The van der Waals surface area contributed by atoms with Crippen LogP contribution in [-0.4, -0.2) is 30.2 Å². The monoisotopic (exact) mass is 268 g/mol. The van der Waals surface area contributed by atoms with Gasteiger partial charge >= 0.3 is 96.8 Å². The summed E-state index contributed by atoms with van der Waals surface area (Å²) in [6.07, 6.45) is 0. The fourth-order valence-electron chi connectivity index (χ4n) is 1.56. The number of benzene rings is 2. The third-order valence-corrected chi connectivity index (χ3v) is 2.91. The molecule has 0 aromatic heterocycles. The van der Waals surface area contributed by atoms with Gasteiger partial charge < -0.3 is 0 Å². The van der Waals surface area contributed by atoms with Gasteiger partial charge in [0.1, 0.15) is 0 Å². The Balaban J connectivity index is 2.69. The first-order valence-electron chi connectivity index (χ1n) is 4.59. The zero-order chi connectivity index (χ0) is 10.8. The van der Waals surface area contributed by atoms with E-state index in [1.165, 1.54) is 4.46 Å². The molecule has 0 saturated heterocycles. The maximum absolute atomic E-state index is 5.25. The van der Waals surface area contributed by atoms with Gasteiger partial charge in [-0.05, 0) is 0 Å². The van der Waals surface area contributed by atoms with Crippen LogP contribution >= 0.6 is 0 Å². The van der Waals surface area contributed by atoms with Crippen molar-refractivity contribution >= 4 is 31.2 Å². The Morgan fingerprint density at radius 1 is 0.867 bits per heavy atom. The molecular formula is C12H12O2Se. The number of ether oxygens (including phenoxy) is 2. The molecular weight excluding hydrogens is 255 g/mol. The van der Waals surface area contributed by atoms with Crippen molar-refractivity contribution in [2.45, 2.75) is 0 Å². The fraction of sp³-hybridized carbons (Fsp3) is 0.167. The van der Waals surface area contributed by atoms with E-state index in [1.807, 2.05) is 12.1 Å². The predicted molar refractivity (Wildman–Crippen MR) is 63.8 cm³/mol. The van der Waals surface area contributed by atoms with Gasteiger partial charge in [-0.2, -0.15) is 0 Å². The van der Waals surface area contributed by atoms with Gasteiger partial charge in [0.15, 0.2) is 0 Å².